The van der Waals surface area contributed by atoms with Crippen LogP contribution in [0.2, 0.25) is 0 Å². The summed E-state index contributed by atoms with van der Waals surface area (Å²) in [6.45, 7) is 3.79. The Kier molecular flexibility index (Phi) is 5.81. The second kappa shape index (κ2) is 8.66. The van der Waals surface area contributed by atoms with Crippen LogP contribution in [0.5, 0.6) is 0 Å². The molecule has 2 aromatic rings. The molecule has 1 saturated heterocycles. The molecule has 152 valence electrons. The van der Waals surface area contributed by atoms with Crippen molar-refractivity contribution in [2.45, 2.75) is 44.9 Å². The lowest BCUT2D eigenvalue weighted by Crippen LogP contribution is -2.39. The number of carbonyl (C=O) groups excluding carboxylic acids is 2. The second-order valence-corrected chi connectivity index (χ2v) is 7.76. The lowest BCUT2D eigenvalue weighted by atomic mass is 10.1. The van der Waals surface area contributed by atoms with E-state index in [1.807, 2.05) is 47.4 Å². The number of ether oxygens (including phenoxy) is 1. The summed E-state index contributed by atoms with van der Waals surface area (Å²) in [5, 5.41) is 5.76. The summed E-state index contributed by atoms with van der Waals surface area (Å²) in [4.78, 5) is 27.0. The molecule has 0 spiro atoms. The largest absolute Gasteiger partial charge is 0.376 e. The lowest BCUT2D eigenvalue weighted by molar-refractivity contribution is 0.0981. The van der Waals surface area contributed by atoms with Gasteiger partial charge in [-0.25, -0.2) is 4.79 Å². The van der Waals surface area contributed by atoms with Gasteiger partial charge in [0.15, 0.2) is 0 Å². The number of nitrogens with one attached hydrogen (secondary N) is 2. The number of carbonyl (C=O) groups is 2. The van der Waals surface area contributed by atoms with Gasteiger partial charge >= 0.3 is 6.03 Å². The Balaban J connectivity index is 1.40. The molecule has 29 heavy (non-hydrogen) atoms. The van der Waals surface area contributed by atoms with Gasteiger partial charge < -0.3 is 20.3 Å². The molecule has 0 aliphatic carbocycles. The molecule has 2 aromatic carbocycles. The van der Waals surface area contributed by atoms with Crippen molar-refractivity contribution in [3.05, 3.63) is 65.2 Å². The van der Waals surface area contributed by atoms with Gasteiger partial charge in [0.1, 0.15) is 0 Å². The third-order valence-corrected chi connectivity index (χ3v) is 5.57. The van der Waals surface area contributed by atoms with Crippen molar-refractivity contribution in [1.29, 1.82) is 0 Å². The van der Waals surface area contributed by atoms with Crippen LogP contribution >= 0.6 is 0 Å². The number of hydrogen-bond donors (Lipinski definition) is 2. The highest BCUT2D eigenvalue weighted by Crippen LogP contribution is 2.34. The van der Waals surface area contributed by atoms with Crippen molar-refractivity contribution in [3.63, 3.8) is 0 Å². The van der Waals surface area contributed by atoms with Gasteiger partial charge in [0.25, 0.3) is 5.91 Å². The first-order valence-electron chi connectivity index (χ1n) is 10.3. The van der Waals surface area contributed by atoms with E-state index in [0.717, 1.165) is 42.7 Å². The molecule has 2 unspecified atom stereocenters. The molecular weight excluding hydrogens is 366 g/mol. The molecule has 0 bridgehead atoms. The minimum atomic E-state index is -0.202. The summed E-state index contributed by atoms with van der Waals surface area (Å²) in [7, 11) is 0. The number of anilines is 1. The van der Waals surface area contributed by atoms with Crippen LogP contribution in [0.4, 0.5) is 10.5 Å². The molecule has 0 saturated carbocycles. The van der Waals surface area contributed by atoms with Crippen LogP contribution in [-0.4, -0.2) is 37.2 Å². The smallest absolute Gasteiger partial charge is 0.315 e. The van der Waals surface area contributed by atoms with Gasteiger partial charge in [-0.05, 0) is 55.5 Å². The highest BCUT2D eigenvalue weighted by molar-refractivity contribution is 6.07. The Morgan fingerprint density at radius 3 is 2.72 bits per heavy atom. The molecule has 0 aromatic heterocycles. The minimum absolute atomic E-state index is 0.0104. The molecule has 2 aliphatic heterocycles. The standard InChI is InChI=1S/C23H27N3O3/c1-16-12-19-10-9-17(14-24-23(28)25-15-20-8-5-11-29-20)13-21(19)26(16)22(27)18-6-3-2-4-7-18/h2-4,6-7,9-10,13,16,20H,5,8,11-12,14-15H2,1H3,(H2,24,25,28). The maximum absolute atomic E-state index is 13.0. The molecule has 1 fully saturated rings. The van der Waals surface area contributed by atoms with Crippen LogP contribution in [0.1, 0.15) is 41.3 Å². The number of fused-ring (bicyclic) bond motifs is 1. The van der Waals surface area contributed by atoms with E-state index in [9.17, 15) is 9.59 Å². The van der Waals surface area contributed by atoms with Crippen molar-refractivity contribution >= 4 is 17.6 Å². The Hall–Kier alpha value is -2.86. The Morgan fingerprint density at radius 2 is 1.97 bits per heavy atom. The number of amides is 3. The predicted molar refractivity (Wildman–Crippen MR) is 112 cm³/mol. The van der Waals surface area contributed by atoms with E-state index < -0.39 is 0 Å². The van der Waals surface area contributed by atoms with Crippen molar-refractivity contribution in [3.8, 4) is 0 Å². The quantitative estimate of drug-likeness (QED) is 0.819. The number of rotatable bonds is 5. The van der Waals surface area contributed by atoms with Gasteiger partial charge in [0.05, 0.1) is 6.10 Å². The van der Waals surface area contributed by atoms with Gasteiger partial charge in [0, 0.05) is 37.0 Å². The Bertz CT molecular complexity index is 878. The van der Waals surface area contributed by atoms with Crippen LogP contribution < -0.4 is 15.5 Å². The van der Waals surface area contributed by atoms with E-state index in [4.69, 9.17) is 4.74 Å². The van der Waals surface area contributed by atoms with Gasteiger partial charge in [-0.2, -0.15) is 0 Å². The molecular formula is C23H27N3O3. The maximum Gasteiger partial charge on any atom is 0.315 e. The zero-order chi connectivity index (χ0) is 20.2. The van der Waals surface area contributed by atoms with Crippen LogP contribution in [0, 0.1) is 0 Å². The maximum atomic E-state index is 13.0. The highest BCUT2D eigenvalue weighted by atomic mass is 16.5. The van der Waals surface area contributed by atoms with E-state index in [-0.39, 0.29) is 24.1 Å². The zero-order valence-electron chi connectivity index (χ0n) is 16.7. The summed E-state index contributed by atoms with van der Waals surface area (Å²) in [5.74, 6) is 0.0104. The highest BCUT2D eigenvalue weighted by Gasteiger charge is 2.31. The van der Waals surface area contributed by atoms with E-state index in [0.29, 0.717) is 18.7 Å². The van der Waals surface area contributed by atoms with Gasteiger partial charge in [-0.3, -0.25) is 4.79 Å². The van der Waals surface area contributed by atoms with Crippen molar-refractivity contribution in [2.75, 3.05) is 18.1 Å². The third kappa shape index (κ3) is 4.43. The monoisotopic (exact) mass is 393 g/mol. The van der Waals surface area contributed by atoms with Crippen molar-refractivity contribution in [2.24, 2.45) is 0 Å². The number of nitrogens with zero attached hydrogens (tertiary/aromatic N) is 1. The van der Waals surface area contributed by atoms with Crippen LogP contribution in [0.25, 0.3) is 0 Å². The van der Waals surface area contributed by atoms with Crippen LogP contribution in [0.15, 0.2) is 48.5 Å². The van der Waals surface area contributed by atoms with Crippen molar-refractivity contribution < 1.29 is 14.3 Å². The summed E-state index contributed by atoms with van der Waals surface area (Å²) in [6.07, 6.45) is 3.01. The Labute approximate surface area is 171 Å². The second-order valence-electron chi connectivity index (χ2n) is 7.76. The molecule has 2 heterocycles. The predicted octanol–water partition coefficient (Wildman–Crippen LogP) is 3.26. The molecule has 2 atom stereocenters. The van der Waals surface area contributed by atoms with E-state index in [1.165, 1.54) is 0 Å². The summed E-state index contributed by atoms with van der Waals surface area (Å²) < 4.78 is 5.52. The zero-order valence-corrected chi connectivity index (χ0v) is 16.7. The molecule has 2 aliphatic rings. The fraction of sp³-hybridized carbons (Fsp3) is 0.391. The molecule has 4 rings (SSSR count). The van der Waals surface area contributed by atoms with Crippen LogP contribution in [-0.2, 0) is 17.7 Å². The summed E-state index contributed by atoms with van der Waals surface area (Å²) in [5.41, 5.74) is 3.75. The number of urea groups is 1. The normalized spacial score (nSPS) is 20.4. The molecule has 2 N–H and O–H groups in total. The van der Waals surface area contributed by atoms with E-state index >= 15 is 0 Å². The first-order valence-corrected chi connectivity index (χ1v) is 10.3. The number of benzene rings is 2. The fourth-order valence-corrected chi connectivity index (χ4v) is 4.05. The SMILES string of the molecule is CC1Cc2ccc(CNC(=O)NCC3CCCO3)cc2N1C(=O)c1ccccc1. The average molecular weight is 393 g/mol. The molecule has 0 radical (unpaired) electrons. The van der Waals surface area contributed by atoms with Gasteiger partial charge in [-0.1, -0.05) is 30.3 Å². The fourth-order valence-electron chi connectivity index (χ4n) is 4.05. The molecule has 6 heteroatoms. The lowest BCUT2D eigenvalue weighted by Gasteiger charge is -2.23. The van der Waals surface area contributed by atoms with Crippen molar-refractivity contribution in [1.82, 2.24) is 10.6 Å². The topological polar surface area (TPSA) is 70.7 Å². The third-order valence-electron chi connectivity index (χ3n) is 5.57. The van der Waals surface area contributed by atoms with E-state index in [2.05, 4.69) is 23.6 Å². The summed E-state index contributed by atoms with van der Waals surface area (Å²) in [6, 6.07) is 15.4. The first-order chi connectivity index (χ1) is 14.1. The minimum Gasteiger partial charge on any atom is -0.376 e. The van der Waals surface area contributed by atoms with E-state index in [1.54, 1.807) is 0 Å². The molecule has 6 nitrogen and oxygen atoms in total. The molecule has 3 amide bonds. The number of hydrogen-bond acceptors (Lipinski definition) is 3. The van der Waals surface area contributed by atoms with Gasteiger partial charge in [-0.15, -0.1) is 0 Å². The van der Waals surface area contributed by atoms with Gasteiger partial charge in [0.2, 0.25) is 0 Å². The summed E-state index contributed by atoms with van der Waals surface area (Å²) >= 11 is 0. The first kappa shape index (κ1) is 19.5. The Morgan fingerprint density at radius 1 is 1.14 bits per heavy atom. The average Bonchev–Trinajstić information content (AvgIpc) is 3.37. The van der Waals surface area contributed by atoms with Crippen LogP contribution in [0.3, 0.4) is 0 Å².